The van der Waals surface area contributed by atoms with E-state index in [4.69, 9.17) is 4.74 Å². The van der Waals surface area contributed by atoms with Gasteiger partial charge in [-0.25, -0.2) is 4.68 Å². The lowest BCUT2D eigenvalue weighted by Gasteiger charge is -2.15. The zero-order chi connectivity index (χ0) is 17.3. The number of amides is 1. The maximum absolute atomic E-state index is 12.4. The van der Waals surface area contributed by atoms with Crippen LogP contribution in [0.5, 0.6) is 5.88 Å². The highest BCUT2D eigenvalue weighted by atomic mass is 16.5. The maximum Gasteiger partial charge on any atom is 0.266 e. The van der Waals surface area contributed by atoms with E-state index in [0.717, 1.165) is 10.9 Å². The lowest BCUT2D eigenvalue weighted by atomic mass is 10.2. The minimum absolute atomic E-state index is 0.159. The molecular formula is C17H21N5O2. The molecule has 0 aliphatic heterocycles. The van der Waals surface area contributed by atoms with E-state index in [2.05, 4.69) is 15.5 Å². The van der Waals surface area contributed by atoms with Gasteiger partial charge in [0.1, 0.15) is 5.82 Å². The SMILES string of the molecule is CC(Oc1nn(C)c2ccccc12)C(=O)Nc1ccnn1C(C)C. The third-order valence-corrected chi connectivity index (χ3v) is 3.79. The Morgan fingerprint density at radius 1 is 1.21 bits per heavy atom. The molecule has 1 amide bonds. The summed E-state index contributed by atoms with van der Waals surface area (Å²) in [7, 11) is 1.85. The first kappa shape index (κ1) is 16.0. The lowest BCUT2D eigenvalue weighted by Crippen LogP contribution is -2.31. The van der Waals surface area contributed by atoms with Gasteiger partial charge >= 0.3 is 0 Å². The second-order valence-electron chi connectivity index (χ2n) is 5.95. The van der Waals surface area contributed by atoms with Gasteiger partial charge in [-0.2, -0.15) is 5.10 Å². The highest BCUT2D eigenvalue weighted by Gasteiger charge is 2.20. The largest absolute Gasteiger partial charge is 0.463 e. The van der Waals surface area contributed by atoms with Gasteiger partial charge in [0.15, 0.2) is 6.10 Å². The minimum atomic E-state index is -0.682. The molecule has 3 rings (SSSR count). The average molecular weight is 327 g/mol. The summed E-state index contributed by atoms with van der Waals surface area (Å²) >= 11 is 0. The van der Waals surface area contributed by atoms with E-state index in [1.165, 1.54) is 0 Å². The topological polar surface area (TPSA) is 74.0 Å². The Bertz CT molecular complexity index is 865. The van der Waals surface area contributed by atoms with Crippen molar-refractivity contribution >= 4 is 22.6 Å². The molecule has 3 aromatic rings. The lowest BCUT2D eigenvalue weighted by molar-refractivity contribution is -0.122. The number of nitrogens with one attached hydrogen (secondary N) is 1. The molecule has 126 valence electrons. The number of hydrogen-bond donors (Lipinski definition) is 1. The fourth-order valence-electron chi connectivity index (χ4n) is 2.54. The molecule has 1 aromatic carbocycles. The maximum atomic E-state index is 12.4. The molecule has 0 spiro atoms. The van der Waals surface area contributed by atoms with Crippen LogP contribution >= 0.6 is 0 Å². The fraction of sp³-hybridized carbons (Fsp3) is 0.353. The van der Waals surface area contributed by atoms with Gasteiger partial charge in [0, 0.05) is 19.2 Å². The van der Waals surface area contributed by atoms with Crippen molar-refractivity contribution in [2.45, 2.75) is 32.9 Å². The number of ether oxygens (including phenoxy) is 1. The number of carbonyl (C=O) groups is 1. The summed E-state index contributed by atoms with van der Waals surface area (Å²) in [5, 5.41) is 12.3. The number of nitrogens with zero attached hydrogens (tertiary/aromatic N) is 4. The molecular weight excluding hydrogens is 306 g/mol. The first-order valence-electron chi connectivity index (χ1n) is 7.90. The summed E-state index contributed by atoms with van der Waals surface area (Å²) in [6.45, 7) is 5.71. The molecule has 7 nitrogen and oxygen atoms in total. The molecule has 0 radical (unpaired) electrons. The van der Waals surface area contributed by atoms with Crippen LogP contribution in [0.15, 0.2) is 36.5 Å². The van der Waals surface area contributed by atoms with Gasteiger partial charge in [0.2, 0.25) is 5.88 Å². The number of aromatic nitrogens is 4. The Labute approximate surface area is 140 Å². The van der Waals surface area contributed by atoms with Crippen LogP contribution in [-0.2, 0) is 11.8 Å². The Morgan fingerprint density at radius 2 is 1.96 bits per heavy atom. The zero-order valence-electron chi connectivity index (χ0n) is 14.2. The molecule has 24 heavy (non-hydrogen) atoms. The van der Waals surface area contributed by atoms with Crippen molar-refractivity contribution in [2.24, 2.45) is 7.05 Å². The molecule has 1 unspecified atom stereocenters. The minimum Gasteiger partial charge on any atom is -0.463 e. The van der Waals surface area contributed by atoms with Crippen LogP contribution in [0.25, 0.3) is 10.9 Å². The van der Waals surface area contributed by atoms with Gasteiger partial charge in [-0.1, -0.05) is 12.1 Å². The fourth-order valence-corrected chi connectivity index (χ4v) is 2.54. The molecule has 1 atom stereocenters. The number of hydrogen-bond acceptors (Lipinski definition) is 4. The van der Waals surface area contributed by atoms with Gasteiger partial charge in [-0.3, -0.25) is 9.48 Å². The molecule has 0 bridgehead atoms. The summed E-state index contributed by atoms with van der Waals surface area (Å²) in [6.07, 6.45) is 0.978. The molecule has 1 N–H and O–H groups in total. The van der Waals surface area contributed by atoms with Crippen molar-refractivity contribution in [1.29, 1.82) is 0 Å². The highest BCUT2D eigenvalue weighted by Crippen LogP contribution is 2.25. The standard InChI is InChI=1S/C17H21N5O2/c1-11(2)22-15(9-10-18-22)19-16(23)12(3)24-17-13-7-5-6-8-14(13)21(4)20-17/h5-12H,1-4H3,(H,19,23). The summed E-state index contributed by atoms with van der Waals surface area (Å²) in [5.41, 5.74) is 0.956. The number of anilines is 1. The summed E-state index contributed by atoms with van der Waals surface area (Å²) in [6, 6.07) is 9.67. The molecule has 0 aliphatic carbocycles. The van der Waals surface area contributed by atoms with E-state index < -0.39 is 6.10 Å². The van der Waals surface area contributed by atoms with Gasteiger partial charge in [-0.05, 0) is 32.9 Å². The Balaban J connectivity index is 1.75. The van der Waals surface area contributed by atoms with Gasteiger partial charge in [0.05, 0.1) is 17.1 Å². The monoisotopic (exact) mass is 327 g/mol. The molecule has 0 fully saturated rings. The van der Waals surface area contributed by atoms with Crippen molar-refractivity contribution in [3.8, 4) is 5.88 Å². The molecule has 7 heteroatoms. The number of para-hydroxylation sites is 1. The van der Waals surface area contributed by atoms with E-state index in [9.17, 15) is 4.79 Å². The number of rotatable bonds is 5. The van der Waals surface area contributed by atoms with E-state index in [-0.39, 0.29) is 11.9 Å². The van der Waals surface area contributed by atoms with Gasteiger partial charge < -0.3 is 10.1 Å². The average Bonchev–Trinajstić information content (AvgIpc) is 3.13. The van der Waals surface area contributed by atoms with Crippen molar-refractivity contribution in [1.82, 2.24) is 19.6 Å². The second-order valence-corrected chi connectivity index (χ2v) is 5.95. The first-order valence-corrected chi connectivity index (χ1v) is 7.90. The van der Waals surface area contributed by atoms with Gasteiger partial charge in [-0.15, -0.1) is 5.10 Å². The molecule has 0 aliphatic rings. The van der Waals surface area contributed by atoms with Crippen molar-refractivity contribution in [2.75, 3.05) is 5.32 Å². The van der Waals surface area contributed by atoms with Gasteiger partial charge in [0.25, 0.3) is 5.91 Å². The van der Waals surface area contributed by atoms with Crippen LogP contribution in [0.2, 0.25) is 0 Å². The Morgan fingerprint density at radius 3 is 2.71 bits per heavy atom. The van der Waals surface area contributed by atoms with Crippen molar-refractivity contribution < 1.29 is 9.53 Å². The van der Waals surface area contributed by atoms with Crippen LogP contribution in [0.3, 0.4) is 0 Å². The van der Waals surface area contributed by atoms with E-state index in [0.29, 0.717) is 11.7 Å². The second kappa shape index (κ2) is 6.35. The quantitative estimate of drug-likeness (QED) is 0.782. The Hall–Kier alpha value is -2.83. The van der Waals surface area contributed by atoms with E-state index in [1.54, 1.807) is 28.6 Å². The third kappa shape index (κ3) is 2.97. The van der Waals surface area contributed by atoms with E-state index >= 15 is 0 Å². The molecule has 0 saturated carbocycles. The molecule has 2 heterocycles. The number of fused-ring (bicyclic) bond motifs is 1. The predicted octanol–water partition coefficient (Wildman–Crippen LogP) is 2.76. The van der Waals surface area contributed by atoms with Crippen LogP contribution < -0.4 is 10.1 Å². The molecule has 2 aromatic heterocycles. The van der Waals surface area contributed by atoms with E-state index in [1.807, 2.05) is 45.2 Å². The van der Waals surface area contributed by atoms with Crippen molar-refractivity contribution in [3.63, 3.8) is 0 Å². The zero-order valence-corrected chi connectivity index (χ0v) is 14.2. The number of aryl methyl sites for hydroxylation is 1. The summed E-state index contributed by atoms with van der Waals surface area (Å²) in [4.78, 5) is 12.4. The van der Waals surface area contributed by atoms with Crippen molar-refractivity contribution in [3.05, 3.63) is 36.5 Å². The first-order chi connectivity index (χ1) is 11.5. The van der Waals surface area contributed by atoms with Crippen LogP contribution in [0.4, 0.5) is 5.82 Å². The van der Waals surface area contributed by atoms with Crippen LogP contribution in [0, 0.1) is 0 Å². The summed E-state index contributed by atoms with van der Waals surface area (Å²) in [5.74, 6) is 0.858. The molecule has 0 saturated heterocycles. The smallest absolute Gasteiger partial charge is 0.266 e. The van der Waals surface area contributed by atoms with Crippen LogP contribution in [-0.4, -0.2) is 31.6 Å². The number of benzene rings is 1. The Kier molecular flexibility index (Phi) is 4.24. The predicted molar refractivity (Wildman–Crippen MR) is 92.0 cm³/mol. The summed E-state index contributed by atoms with van der Waals surface area (Å²) < 4.78 is 9.28. The highest BCUT2D eigenvalue weighted by molar-refractivity contribution is 5.94. The third-order valence-electron chi connectivity index (χ3n) is 3.79. The normalized spacial score (nSPS) is 12.5. The van der Waals surface area contributed by atoms with Crippen LogP contribution in [0.1, 0.15) is 26.8 Å². The number of carbonyl (C=O) groups excluding carboxylic acids is 1.